The van der Waals surface area contributed by atoms with E-state index in [4.69, 9.17) is 4.52 Å². The second-order valence-corrected chi connectivity index (χ2v) is 5.84. The minimum absolute atomic E-state index is 0. The summed E-state index contributed by atoms with van der Waals surface area (Å²) in [6.45, 7) is 9.65. The Kier molecular flexibility index (Phi) is 7.52. The molecule has 0 spiro atoms. The number of halogens is 1. The summed E-state index contributed by atoms with van der Waals surface area (Å²) in [5.41, 5.74) is 2.17. The second-order valence-electron chi connectivity index (χ2n) is 5.84. The molecule has 1 atom stereocenters. The van der Waals surface area contributed by atoms with Crippen LogP contribution in [0.15, 0.2) is 28.8 Å². The highest BCUT2D eigenvalue weighted by molar-refractivity contribution is 5.85. The Morgan fingerprint density at radius 3 is 2.35 bits per heavy atom. The van der Waals surface area contributed by atoms with Crippen LogP contribution in [-0.4, -0.2) is 35.8 Å². The van der Waals surface area contributed by atoms with Crippen LogP contribution < -0.4 is 10.2 Å². The molecule has 1 heterocycles. The van der Waals surface area contributed by atoms with E-state index in [2.05, 4.69) is 60.2 Å². The SMILES string of the molecule is CCN(c1ccc(-c2nc(CC(C)NC)no2)cc1)C(C)C.Cl. The molecule has 0 radical (unpaired) electrons. The first-order valence-corrected chi connectivity index (χ1v) is 7.92. The van der Waals surface area contributed by atoms with Crippen LogP contribution in [0, 0.1) is 0 Å². The van der Waals surface area contributed by atoms with Crippen LogP contribution in [-0.2, 0) is 6.42 Å². The van der Waals surface area contributed by atoms with Crippen molar-refractivity contribution in [3.05, 3.63) is 30.1 Å². The van der Waals surface area contributed by atoms with Gasteiger partial charge in [-0.3, -0.25) is 0 Å². The van der Waals surface area contributed by atoms with Crippen LogP contribution in [0.1, 0.15) is 33.5 Å². The van der Waals surface area contributed by atoms with E-state index >= 15 is 0 Å². The zero-order chi connectivity index (χ0) is 16.1. The minimum atomic E-state index is 0. The summed E-state index contributed by atoms with van der Waals surface area (Å²) < 4.78 is 5.37. The molecular formula is C17H27ClN4O. The Labute approximate surface area is 144 Å². The fraction of sp³-hybridized carbons (Fsp3) is 0.529. The Morgan fingerprint density at radius 2 is 1.83 bits per heavy atom. The number of aromatic nitrogens is 2. The van der Waals surface area contributed by atoms with E-state index in [9.17, 15) is 0 Å². The van der Waals surface area contributed by atoms with E-state index in [0.29, 0.717) is 18.0 Å². The highest BCUT2D eigenvalue weighted by atomic mass is 35.5. The number of nitrogens with one attached hydrogen (secondary N) is 1. The summed E-state index contributed by atoms with van der Waals surface area (Å²) in [5.74, 6) is 1.32. The molecule has 23 heavy (non-hydrogen) atoms. The Morgan fingerprint density at radius 1 is 1.17 bits per heavy atom. The summed E-state index contributed by atoms with van der Waals surface area (Å²) in [5, 5.41) is 7.22. The largest absolute Gasteiger partial charge is 0.369 e. The van der Waals surface area contributed by atoms with Crippen molar-refractivity contribution in [1.29, 1.82) is 0 Å². The van der Waals surface area contributed by atoms with Gasteiger partial charge in [0.25, 0.3) is 5.89 Å². The molecule has 0 aliphatic carbocycles. The molecule has 6 heteroatoms. The first-order valence-electron chi connectivity index (χ1n) is 7.92. The molecule has 2 aromatic rings. The van der Waals surface area contributed by atoms with Crippen molar-refractivity contribution in [1.82, 2.24) is 15.5 Å². The molecular weight excluding hydrogens is 312 g/mol. The molecule has 1 unspecified atom stereocenters. The molecule has 0 amide bonds. The molecule has 128 valence electrons. The van der Waals surface area contributed by atoms with Crippen LogP contribution in [0.25, 0.3) is 11.5 Å². The Balaban J connectivity index is 0.00000264. The number of hydrogen-bond donors (Lipinski definition) is 1. The molecule has 0 aliphatic rings. The molecule has 1 N–H and O–H groups in total. The van der Waals surface area contributed by atoms with Gasteiger partial charge >= 0.3 is 0 Å². The maximum absolute atomic E-state index is 5.37. The summed E-state index contributed by atoms with van der Waals surface area (Å²) in [7, 11) is 1.93. The zero-order valence-electron chi connectivity index (χ0n) is 14.5. The predicted molar refractivity (Wildman–Crippen MR) is 97.4 cm³/mol. The molecule has 0 saturated heterocycles. The van der Waals surface area contributed by atoms with Crippen LogP contribution in [0.4, 0.5) is 5.69 Å². The first kappa shape index (κ1) is 19.5. The summed E-state index contributed by atoms with van der Waals surface area (Å²) in [6.07, 6.45) is 0.759. The molecule has 0 aliphatic heterocycles. The highest BCUT2D eigenvalue weighted by Crippen LogP contribution is 2.23. The van der Waals surface area contributed by atoms with Crippen LogP contribution in [0.2, 0.25) is 0 Å². The number of hydrogen-bond acceptors (Lipinski definition) is 5. The summed E-state index contributed by atoms with van der Waals surface area (Å²) >= 11 is 0. The lowest BCUT2D eigenvalue weighted by Gasteiger charge is -2.27. The molecule has 0 bridgehead atoms. The van der Waals surface area contributed by atoms with Gasteiger partial charge in [-0.25, -0.2) is 0 Å². The molecule has 0 fully saturated rings. The smallest absolute Gasteiger partial charge is 0.257 e. The molecule has 1 aromatic carbocycles. The Bertz CT molecular complexity index is 583. The lowest BCUT2D eigenvalue weighted by molar-refractivity contribution is 0.418. The van der Waals surface area contributed by atoms with Gasteiger partial charge in [0, 0.05) is 36.3 Å². The van der Waals surface area contributed by atoms with E-state index < -0.39 is 0 Å². The monoisotopic (exact) mass is 338 g/mol. The molecule has 2 rings (SSSR count). The van der Waals surface area contributed by atoms with Gasteiger partial charge in [0.2, 0.25) is 0 Å². The summed E-state index contributed by atoms with van der Waals surface area (Å²) in [6, 6.07) is 9.11. The minimum Gasteiger partial charge on any atom is -0.369 e. The van der Waals surface area contributed by atoms with E-state index in [1.54, 1.807) is 0 Å². The van der Waals surface area contributed by atoms with E-state index in [1.165, 1.54) is 5.69 Å². The number of benzene rings is 1. The van der Waals surface area contributed by atoms with Crippen molar-refractivity contribution in [2.75, 3.05) is 18.5 Å². The van der Waals surface area contributed by atoms with E-state index in [0.717, 1.165) is 24.4 Å². The number of anilines is 1. The van der Waals surface area contributed by atoms with E-state index in [1.807, 2.05) is 19.2 Å². The van der Waals surface area contributed by atoms with Crippen molar-refractivity contribution in [3.63, 3.8) is 0 Å². The number of rotatable bonds is 7. The van der Waals surface area contributed by atoms with Gasteiger partial charge in [0.15, 0.2) is 5.82 Å². The van der Waals surface area contributed by atoms with Gasteiger partial charge in [0.1, 0.15) is 0 Å². The average molecular weight is 339 g/mol. The highest BCUT2D eigenvalue weighted by Gasteiger charge is 2.12. The molecule has 0 saturated carbocycles. The first-order chi connectivity index (χ1) is 10.5. The van der Waals surface area contributed by atoms with Gasteiger partial charge in [0.05, 0.1) is 0 Å². The predicted octanol–water partition coefficient (Wildman–Crippen LogP) is 3.54. The van der Waals surface area contributed by atoms with E-state index in [-0.39, 0.29) is 12.4 Å². The topological polar surface area (TPSA) is 54.2 Å². The third kappa shape index (κ3) is 4.94. The lowest BCUT2D eigenvalue weighted by atomic mass is 10.1. The number of likely N-dealkylation sites (N-methyl/N-ethyl adjacent to an activating group) is 1. The maximum Gasteiger partial charge on any atom is 0.257 e. The molecule has 5 nitrogen and oxygen atoms in total. The zero-order valence-corrected chi connectivity index (χ0v) is 15.4. The van der Waals surface area contributed by atoms with Gasteiger partial charge in [-0.05, 0) is 59.0 Å². The normalized spacial score (nSPS) is 12.1. The molecule has 1 aromatic heterocycles. The standard InChI is InChI=1S/C17H26N4O.ClH/c1-6-21(12(2)3)15-9-7-14(8-10-15)17-19-16(20-22-17)11-13(4)18-5;/h7-10,12-13,18H,6,11H2,1-5H3;1H. The van der Waals surface area contributed by atoms with Crippen molar-refractivity contribution in [2.24, 2.45) is 0 Å². The fourth-order valence-electron chi connectivity index (χ4n) is 2.47. The second kappa shape index (κ2) is 8.89. The third-order valence-electron chi connectivity index (χ3n) is 3.86. The van der Waals surface area contributed by atoms with Crippen molar-refractivity contribution < 1.29 is 4.52 Å². The van der Waals surface area contributed by atoms with Crippen LogP contribution in [0.3, 0.4) is 0 Å². The van der Waals surface area contributed by atoms with Crippen LogP contribution >= 0.6 is 12.4 Å². The average Bonchev–Trinajstić information content (AvgIpc) is 2.96. The lowest BCUT2D eigenvalue weighted by Crippen LogP contribution is -2.30. The number of nitrogens with zero attached hydrogens (tertiary/aromatic N) is 3. The third-order valence-corrected chi connectivity index (χ3v) is 3.86. The van der Waals surface area contributed by atoms with Crippen LogP contribution in [0.5, 0.6) is 0 Å². The van der Waals surface area contributed by atoms with Gasteiger partial charge in [-0.2, -0.15) is 4.98 Å². The van der Waals surface area contributed by atoms with Gasteiger partial charge in [-0.15, -0.1) is 12.4 Å². The van der Waals surface area contributed by atoms with Gasteiger partial charge in [-0.1, -0.05) is 5.16 Å². The van der Waals surface area contributed by atoms with Crippen molar-refractivity contribution >= 4 is 18.1 Å². The Hall–Kier alpha value is -1.59. The maximum atomic E-state index is 5.37. The fourth-order valence-corrected chi connectivity index (χ4v) is 2.47. The van der Waals surface area contributed by atoms with Gasteiger partial charge < -0.3 is 14.7 Å². The van der Waals surface area contributed by atoms with Crippen molar-refractivity contribution in [3.8, 4) is 11.5 Å². The summed E-state index contributed by atoms with van der Waals surface area (Å²) in [4.78, 5) is 6.81. The quantitative estimate of drug-likeness (QED) is 0.836. The van der Waals surface area contributed by atoms with Crippen molar-refractivity contribution in [2.45, 2.75) is 46.2 Å².